The predicted octanol–water partition coefficient (Wildman–Crippen LogP) is 4.62. The van der Waals surface area contributed by atoms with E-state index in [1.807, 2.05) is 31.2 Å². The molecule has 4 aromatic rings. The van der Waals surface area contributed by atoms with Crippen LogP contribution in [0.15, 0.2) is 77.5 Å². The first-order valence-corrected chi connectivity index (χ1v) is 8.48. The zero-order chi connectivity index (χ0) is 18.8. The molecule has 5 nitrogen and oxygen atoms in total. The van der Waals surface area contributed by atoms with Gasteiger partial charge in [0.1, 0.15) is 5.58 Å². The van der Waals surface area contributed by atoms with E-state index < -0.39 is 0 Å². The number of nitrogens with one attached hydrogen (secondary N) is 1. The molecule has 0 atom stereocenters. The van der Waals surface area contributed by atoms with E-state index in [1.54, 1.807) is 42.6 Å². The van der Waals surface area contributed by atoms with Gasteiger partial charge in [-0.2, -0.15) is 0 Å². The van der Waals surface area contributed by atoms with Crippen molar-refractivity contribution >= 4 is 28.3 Å². The number of carbonyl (C=O) groups is 2. The summed E-state index contributed by atoms with van der Waals surface area (Å²) < 4.78 is 5.79. The van der Waals surface area contributed by atoms with Gasteiger partial charge in [0.05, 0.1) is 5.56 Å². The van der Waals surface area contributed by atoms with Crippen molar-refractivity contribution in [2.24, 2.45) is 0 Å². The fourth-order valence-electron chi connectivity index (χ4n) is 2.94. The van der Waals surface area contributed by atoms with Gasteiger partial charge in [-0.1, -0.05) is 30.3 Å². The molecule has 0 radical (unpaired) electrons. The number of pyridine rings is 1. The summed E-state index contributed by atoms with van der Waals surface area (Å²) in [4.78, 5) is 29.0. The van der Waals surface area contributed by atoms with Crippen molar-refractivity contribution in [1.29, 1.82) is 0 Å². The summed E-state index contributed by atoms with van der Waals surface area (Å²) in [5.74, 6) is -0.0960. The third-order valence-corrected chi connectivity index (χ3v) is 4.36. The number of benzene rings is 2. The van der Waals surface area contributed by atoms with Gasteiger partial charge in [0, 0.05) is 34.6 Å². The summed E-state index contributed by atoms with van der Waals surface area (Å²) in [6, 6.07) is 17.7. The van der Waals surface area contributed by atoms with Gasteiger partial charge in [0.25, 0.3) is 5.91 Å². The molecule has 0 saturated carbocycles. The van der Waals surface area contributed by atoms with Crippen LogP contribution in [0.4, 0.5) is 5.69 Å². The van der Waals surface area contributed by atoms with E-state index in [0.29, 0.717) is 28.2 Å². The molecular weight excluding hydrogens is 340 g/mol. The maximum absolute atomic E-state index is 12.7. The molecule has 0 aliphatic rings. The molecule has 0 aliphatic carbocycles. The monoisotopic (exact) mass is 356 g/mol. The molecular formula is C22H16N2O3. The molecule has 5 heteroatoms. The Labute approximate surface area is 155 Å². The maximum atomic E-state index is 12.7. The van der Waals surface area contributed by atoms with Crippen LogP contribution in [-0.4, -0.2) is 16.7 Å². The van der Waals surface area contributed by atoms with Gasteiger partial charge in [0.2, 0.25) is 5.78 Å². The van der Waals surface area contributed by atoms with Gasteiger partial charge in [-0.15, -0.1) is 0 Å². The second-order valence-electron chi connectivity index (χ2n) is 6.16. The minimum atomic E-state index is -0.246. The Morgan fingerprint density at radius 3 is 2.48 bits per heavy atom. The number of hydrogen-bond donors (Lipinski definition) is 1. The Kier molecular flexibility index (Phi) is 4.26. The topological polar surface area (TPSA) is 72.2 Å². The summed E-state index contributed by atoms with van der Waals surface area (Å²) in [5.41, 5.74) is 3.02. The predicted molar refractivity (Wildman–Crippen MR) is 103 cm³/mol. The number of carbonyl (C=O) groups excluding carboxylic acids is 2. The van der Waals surface area contributed by atoms with E-state index in [4.69, 9.17) is 4.42 Å². The molecule has 27 heavy (non-hydrogen) atoms. The number of nitrogens with zero attached hydrogens (tertiary/aromatic N) is 1. The molecule has 1 N–H and O–H groups in total. The molecule has 1 amide bonds. The highest BCUT2D eigenvalue weighted by Crippen LogP contribution is 2.29. The van der Waals surface area contributed by atoms with Crippen molar-refractivity contribution in [2.75, 3.05) is 5.32 Å². The highest BCUT2D eigenvalue weighted by molar-refractivity contribution is 6.11. The van der Waals surface area contributed by atoms with Crippen LogP contribution in [0.25, 0.3) is 11.0 Å². The molecule has 0 fully saturated rings. The number of amides is 1. The lowest BCUT2D eigenvalue weighted by atomic mass is 10.0. The van der Waals surface area contributed by atoms with Crippen LogP contribution in [0.2, 0.25) is 0 Å². The smallest absolute Gasteiger partial charge is 0.257 e. The normalized spacial score (nSPS) is 10.7. The number of ketones is 1. The van der Waals surface area contributed by atoms with E-state index in [2.05, 4.69) is 10.3 Å². The Morgan fingerprint density at radius 1 is 0.963 bits per heavy atom. The fraction of sp³-hybridized carbons (Fsp3) is 0.0455. The lowest BCUT2D eigenvalue weighted by Crippen LogP contribution is -2.11. The Balaban J connectivity index is 1.66. The van der Waals surface area contributed by atoms with Gasteiger partial charge in [-0.05, 0) is 37.3 Å². The van der Waals surface area contributed by atoms with Crippen LogP contribution in [-0.2, 0) is 0 Å². The first-order chi connectivity index (χ1) is 13.1. The standard InChI is InChI=1S/C22H16N2O3/c1-14-18-12-17(24-22(26)16-8-5-11-23-13-16)9-10-19(18)27-21(14)20(25)15-6-3-2-4-7-15/h2-13H,1H3,(H,24,26). The second-order valence-corrected chi connectivity index (χ2v) is 6.16. The van der Waals surface area contributed by atoms with E-state index in [1.165, 1.54) is 6.20 Å². The number of aryl methyl sites for hydroxylation is 1. The van der Waals surface area contributed by atoms with Crippen LogP contribution in [0.1, 0.15) is 32.0 Å². The van der Waals surface area contributed by atoms with Crippen LogP contribution in [0.5, 0.6) is 0 Å². The first-order valence-electron chi connectivity index (χ1n) is 8.48. The molecule has 0 unspecified atom stereocenters. The van der Waals surface area contributed by atoms with Crippen LogP contribution in [0.3, 0.4) is 0 Å². The number of fused-ring (bicyclic) bond motifs is 1. The van der Waals surface area contributed by atoms with Crippen LogP contribution >= 0.6 is 0 Å². The summed E-state index contributed by atoms with van der Waals surface area (Å²) >= 11 is 0. The maximum Gasteiger partial charge on any atom is 0.257 e. The van der Waals surface area contributed by atoms with E-state index in [-0.39, 0.29) is 11.7 Å². The Morgan fingerprint density at radius 2 is 1.74 bits per heavy atom. The van der Waals surface area contributed by atoms with Crippen LogP contribution < -0.4 is 5.32 Å². The number of furan rings is 1. The molecule has 132 valence electrons. The van der Waals surface area contributed by atoms with Crippen molar-refractivity contribution < 1.29 is 14.0 Å². The molecule has 2 aromatic carbocycles. The second kappa shape index (κ2) is 6.88. The lowest BCUT2D eigenvalue weighted by Gasteiger charge is -2.05. The average Bonchev–Trinajstić information content (AvgIpc) is 3.05. The summed E-state index contributed by atoms with van der Waals surface area (Å²) in [6.45, 7) is 1.84. The van der Waals surface area contributed by atoms with E-state index in [0.717, 1.165) is 10.9 Å². The molecule has 2 aromatic heterocycles. The third-order valence-electron chi connectivity index (χ3n) is 4.36. The number of anilines is 1. The highest BCUT2D eigenvalue weighted by atomic mass is 16.3. The Hall–Kier alpha value is -3.73. The van der Waals surface area contributed by atoms with Crippen molar-refractivity contribution in [3.8, 4) is 0 Å². The van der Waals surface area contributed by atoms with Crippen molar-refractivity contribution in [1.82, 2.24) is 4.98 Å². The van der Waals surface area contributed by atoms with Crippen molar-refractivity contribution in [2.45, 2.75) is 6.92 Å². The SMILES string of the molecule is Cc1c(C(=O)c2ccccc2)oc2ccc(NC(=O)c3cccnc3)cc12. The number of aromatic nitrogens is 1. The molecule has 2 heterocycles. The Bertz CT molecular complexity index is 1130. The molecule has 0 aliphatic heterocycles. The summed E-state index contributed by atoms with van der Waals surface area (Å²) in [5, 5.41) is 3.63. The zero-order valence-electron chi connectivity index (χ0n) is 14.6. The van der Waals surface area contributed by atoms with Gasteiger partial charge in [-0.3, -0.25) is 14.6 Å². The molecule has 0 saturated heterocycles. The summed E-state index contributed by atoms with van der Waals surface area (Å²) in [6.07, 6.45) is 3.12. The zero-order valence-corrected chi connectivity index (χ0v) is 14.6. The van der Waals surface area contributed by atoms with E-state index in [9.17, 15) is 9.59 Å². The fourth-order valence-corrected chi connectivity index (χ4v) is 2.94. The highest BCUT2D eigenvalue weighted by Gasteiger charge is 2.19. The average molecular weight is 356 g/mol. The first kappa shape index (κ1) is 16.7. The van der Waals surface area contributed by atoms with Crippen LogP contribution in [0, 0.1) is 6.92 Å². The molecule has 0 bridgehead atoms. The van der Waals surface area contributed by atoms with Gasteiger partial charge >= 0.3 is 0 Å². The minimum Gasteiger partial charge on any atom is -0.452 e. The largest absolute Gasteiger partial charge is 0.452 e. The summed E-state index contributed by atoms with van der Waals surface area (Å²) in [7, 11) is 0. The number of rotatable bonds is 4. The third kappa shape index (κ3) is 3.22. The van der Waals surface area contributed by atoms with Gasteiger partial charge in [0.15, 0.2) is 5.76 Å². The minimum absolute atomic E-state index is 0.162. The van der Waals surface area contributed by atoms with Crippen molar-refractivity contribution in [3.05, 3.63) is 95.5 Å². The van der Waals surface area contributed by atoms with E-state index >= 15 is 0 Å². The number of hydrogen-bond acceptors (Lipinski definition) is 4. The lowest BCUT2D eigenvalue weighted by molar-refractivity contribution is 0.101. The molecule has 4 rings (SSSR count). The van der Waals surface area contributed by atoms with Gasteiger partial charge < -0.3 is 9.73 Å². The van der Waals surface area contributed by atoms with Gasteiger partial charge in [-0.25, -0.2) is 0 Å². The quantitative estimate of drug-likeness (QED) is 0.542. The van der Waals surface area contributed by atoms with Crippen molar-refractivity contribution in [3.63, 3.8) is 0 Å². The molecule has 0 spiro atoms.